The lowest BCUT2D eigenvalue weighted by Crippen LogP contribution is -2.40. The van der Waals surface area contributed by atoms with E-state index in [1.165, 1.54) is 24.1 Å². The van der Waals surface area contributed by atoms with Gasteiger partial charge in [0.1, 0.15) is 12.3 Å². The fraction of sp³-hybridized carbons (Fsp3) is 0.238. The monoisotopic (exact) mass is 411 g/mol. The fourth-order valence-electron chi connectivity index (χ4n) is 2.87. The highest BCUT2D eigenvalue weighted by Gasteiger charge is 2.25. The second-order valence-electron chi connectivity index (χ2n) is 6.44. The minimum Gasteiger partial charge on any atom is -0.482 e. The third-order valence-electron chi connectivity index (χ3n) is 4.42. The number of para-hydroxylation sites is 2. The van der Waals surface area contributed by atoms with Crippen LogP contribution in [0.1, 0.15) is 16.8 Å². The number of carbonyl (C=O) groups excluding carboxylic acids is 4. The smallest absolute Gasteiger partial charge is 0.325 e. The molecule has 0 unspecified atom stereocenters. The van der Waals surface area contributed by atoms with E-state index in [4.69, 9.17) is 4.74 Å². The van der Waals surface area contributed by atoms with Crippen molar-refractivity contribution in [1.29, 1.82) is 0 Å². The van der Waals surface area contributed by atoms with Crippen molar-refractivity contribution in [2.24, 2.45) is 0 Å². The largest absolute Gasteiger partial charge is 0.482 e. The SMILES string of the molecule is COC(=O)CNC(=O)c1ccc(NC(=O)CCN2C(=O)COc3ccccc32)cc1. The van der Waals surface area contributed by atoms with Gasteiger partial charge in [-0.3, -0.25) is 19.2 Å². The average Bonchev–Trinajstić information content (AvgIpc) is 2.77. The number of nitrogens with zero attached hydrogens (tertiary/aromatic N) is 1. The molecule has 0 aliphatic carbocycles. The molecule has 2 aromatic carbocycles. The van der Waals surface area contributed by atoms with Gasteiger partial charge in [0.05, 0.1) is 12.8 Å². The van der Waals surface area contributed by atoms with E-state index in [2.05, 4.69) is 15.4 Å². The second-order valence-corrected chi connectivity index (χ2v) is 6.44. The van der Waals surface area contributed by atoms with Crippen molar-refractivity contribution < 1.29 is 28.7 Å². The third-order valence-corrected chi connectivity index (χ3v) is 4.42. The Kier molecular flexibility index (Phi) is 6.63. The van der Waals surface area contributed by atoms with Crippen LogP contribution in [0, 0.1) is 0 Å². The number of carbonyl (C=O) groups is 4. The Bertz CT molecular complexity index is 957. The molecule has 1 aliphatic rings. The van der Waals surface area contributed by atoms with Gasteiger partial charge in [-0.1, -0.05) is 12.1 Å². The van der Waals surface area contributed by atoms with Crippen LogP contribution in [0.3, 0.4) is 0 Å². The molecule has 30 heavy (non-hydrogen) atoms. The first-order chi connectivity index (χ1) is 14.5. The number of esters is 1. The van der Waals surface area contributed by atoms with Crippen LogP contribution in [0.25, 0.3) is 0 Å². The molecule has 1 aliphatic heterocycles. The van der Waals surface area contributed by atoms with Gasteiger partial charge in [-0.05, 0) is 36.4 Å². The first-order valence-corrected chi connectivity index (χ1v) is 9.25. The zero-order valence-corrected chi connectivity index (χ0v) is 16.3. The summed E-state index contributed by atoms with van der Waals surface area (Å²) in [4.78, 5) is 49.0. The first kappa shape index (κ1) is 20.8. The summed E-state index contributed by atoms with van der Waals surface area (Å²) in [5, 5.41) is 5.16. The Balaban J connectivity index is 1.52. The van der Waals surface area contributed by atoms with E-state index in [0.717, 1.165) is 0 Å². The van der Waals surface area contributed by atoms with Gasteiger partial charge < -0.3 is 25.0 Å². The lowest BCUT2D eigenvalue weighted by molar-refractivity contribution is -0.139. The Morgan fingerprint density at radius 2 is 1.83 bits per heavy atom. The molecule has 0 aromatic heterocycles. The number of anilines is 2. The quantitative estimate of drug-likeness (QED) is 0.665. The Hall–Kier alpha value is -3.88. The average molecular weight is 411 g/mol. The molecule has 0 spiro atoms. The van der Waals surface area contributed by atoms with Gasteiger partial charge in [0.15, 0.2) is 6.61 Å². The van der Waals surface area contributed by atoms with Crippen LogP contribution in [-0.2, 0) is 19.1 Å². The summed E-state index contributed by atoms with van der Waals surface area (Å²) in [7, 11) is 1.24. The zero-order chi connectivity index (χ0) is 21.5. The maximum Gasteiger partial charge on any atom is 0.325 e. The van der Waals surface area contributed by atoms with Crippen molar-refractivity contribution in [2.75, 3.05) is 37.0 Å². The molecule has 0 saturated carbocycles. The van der Waals surface area contributed by atoms with Gasteiger partial charge in [0.2, 0.25) is 5.91 Å². The van der Waals surface area contributed by atoms with Crippen molar-refractivity contribution in [1.82, 2.24) is 5.32 Å². The molecule has 9 heteroatoms. The van der Waals surface area contributed by atoms with Crippen molar-refractivity contribution >= 4 is 35.1 Å². The summed E-state index contributed by atoms with van der Waals surface area (Å²) >= 11 is 0. The first-order valence-electron chi connectivity index (χ1n) is 9.25. The molecule has 2 N–H and O–H groups in total. The van der Waals surface area contributed by atoms with Crippen LogP contribution < -0.4 is 20.3 Å². The number of rotatable bonds is 7. The summed E-state index contributed by atoms with van der Waals surface area (Å²) in [5.74, 6) is -0.839. The van der Waals surface area contributed by atoms with E-state index in [9.17, 15) is 19.2 Å². The van der Waals surface area contributed by atoms with Gasteiger partial charge in [-0.2, -0.15) is 0 Å². The van der Waals surface area contributed by atoms with E-state index in [-0.39, 0.29) is 37.9 Å². The maximum absolute atomic E-state index is 12.3. The topological polar surface area (TPSA) is 114 Å². The Morgan fingerprint density at radius 3 is 2.57 bits per heavy atom. The van der Waals surface area contributed by atoms with Crippen molar-refractivity contribution in [3.63, 3.8) is 0 Å². The summed E-state index contributed by atoms with van der Waals surface area (Å²) in [5.41, 5.74) is 1.49. The zero-order valence-electron chi connectivity index (χ0n) is 16.3. The molecule has 156 valence electrons. The molecule has 0 atom stereocenters. The molecule has 0 fully saturated rings. The third kappa shape index (κ3) is 5.13. The minimum atomic E-state index is -0.548. The van der Waals surface area contributed by atoms with Gasteiger partial charge >= 0.3 is 5.97 Å². The summed E-state index contributed by atoms with van der Waals surface area (Å²) < 4.78 is 9.85. The second kappa shape index (κ2) is 9.55. The number of hydrogen-bond donors (Lipinski definition) is 2. The molecule has 0 saturated heterocycles. The number of fused-ring (bicyclic) bond motifs is 1. The van der Waals surface area contributed by atoms with Crippen LogP contribution >= 0.6 is 0 Å². The van der Waals surface area contributed by atoms with Crippen molar-refractivity contribution in [3.8, 4) is 5.75 Å². The Morgan fingerprint density at radius 1 is 1.10 bits per heavy atom. The minimum absolute atomic E-state index is 0.0574. The highest BCUT2D eigenvalue weighted by molar-refractivity contribution is 5.99. The number of hydrogen-bond acceptors (Lipinski definition) is 6. The van der Waals surface area contributed by atoms with Crippen LogP contribution in [0.15, 0.2) is 48.5 Å². The van der Waals surface area contributed by atoms with E-state index in [1.54, 1.807) is 30.3 Å². The van der Waals surface area contributed by atoms with Crippen molar-refractivity contribution in [2.45, 2.75) is 6.42 Å². The Labute approximate surface area is 172 Å². The number of methoxy groups -OCH3 is 1. The predicted octanol–water partition coefficient (Wildman–Crippen LogP) is 1.34. The molecule has 3 amide bonds. The lowest BCUT2D eigenvalue weighted by Gasteiger charge is -2.29. The molecule has 3 rings (SSSR count). The molecule has 0 bridgehead atoms. The lowest BCUT2D eigenvalue weighted by atomic mass is 10.2. The van der Waals surface area contributed by atoms with Gasteiger partial charge in [-0.25, -0.2) is 0 Å². The number of benzene rings is 2. The van der Waals surface area contributed by atoms with E-state index < -0.39 is 11.9 Å². The van der Waals surface area contributed by atoms with Crippen LogP contribution in [-0.4, -0.2) is 50.5 Å². The van der Waals surface area contributed by atoms with Crippen LogP contribution in [0.4, 0.5) is 11.4 Å². The number of nitrogens with one attached hydrogen (secondary N) is 2. The fourth-order valence-corrected chi connectivity index (χ4v) is 2.87. The predicted molar refractivity (Wildman–Crippen MR) is 108 cm³/mol. The van der Waals surface area contributed by atoms with Gasteiger partial charge in [0, 0.05) is 24.2 Å². The molecule has 0 radical (unpaired) electrons. The van der Waals surface area contributed by atoms with E-state index >= 15 is 0 Å². The number of amides is 3. The van der Waals surface area contributed by atoms with Crippen molar-refractivity contribution in [3.05, 3.63) is 54.1 Å². The highest BCUT2D eigenvalue weighted by atomic mass is 16.5. The van der Waals surface area contributed by atoms with Gasteiger partial charge in [-0.15, -0.1) is 0 Å². The normalized spacial score (nSPS) is 12.4. The highest BCUT2D eigenvalue weighted by Crippen LogP contribution is 2.31. The van der Waals surface area contributed by atoms with Crippen LogP contribution in [0.2, 0.25) is 0 Å². The molecule has 1 heterocycles. The standard InChI is InChI=1S/C21H21N3O6/c1-29-20(27)12-22-21(28)14-6-8-15(9-7-14)23-18(25)10-11-24-16-4-2-3-5-17(16)30-13-19(24)26/h2-9H,10-13H2,1H3,(H,22,28)(H,23,25). The summed E-state index contributed by atoms with van der Waals surface area (Å²) in [6.07, 6.45) is 0.0987. The molecular formula is C21H21N3O6. The van der Waals surface area contributed by atoms with E-state index in [0.29, 0.717) is 22.7 Å². The molecule has 2 aromatic rings. The summed E-state index contributed by atoms with van der Waals surface area (Å²) in [6, 6.07) is 13.4. The number of ether oxygens (including phenoxy) is 2. The molecular weight excluding hydrogens is 390 g/mol. The summed E-state index contributed by atoms with van der Waals surface area (Å²) in [6.45, 7) is -0.0611. The molecule has 9 nitrogen and oxygen atoms in total. The van der Waals surface area contributed by atoms with Gasteiger partial charge in [0.25, 0.3) is 11.8 Å². The van der Waals surface area contributed by atoms with Crippen LogP contribution in [0.5, 0.6) is 5.75 Å². The maximum atomic E-state index is 12.3. The van der Waals surface area contributed by atoms with E-state index in [1.807, 2.05) is 6.07 Å².